The number of nitriles is 1. The Morgan fingerprint density at radius 2 is 2.50 bits per heavy atom. The summed E-state index contributed by atoms with van der Waals surface area (Å²) in [5, 5.41) is 9.48. The Hall–Kier alpha value is -1.39. The van der Waals surface area contributed by atoms with Crippen LogP contribution < -0.4 is 5.73 Å². The van der Waals surface area contributed by atoms with Crippen LogP contribution in [-0.4, -0.2) is 39.8 Å². The molecule has 98 valence electrons. The Morgan fingerprint density at radius 1 is 1.78 bits per heavy atom. The van der Waals surface area contributed by atoms with Gasteiger partial charge in [0.2, 0.25) is 5.96 Å². The first-order valence-corrected chi connectivity index (χ1v) is 6.76. The fourth-order valence-corrected chi connectivity index (χ4v) is 2.27. The van der Waals surface area contributed by atoms with Gasteiger partial charge in [0.1, 0.15) is 11.0 Å². The van der Waals surface area contributed by atoms with E-state index in [1.54, 1.807) is 25.0 Å². The lowest BCUT2D eigenvalue weighted by Gasteiger charge is -2.13. The second kappa shape index (κ2) is 7.13. The summed E-state index contributed by atoms with van der Waals surface area (Å²) in [5.74, 6) is 2.64. The molecule has 0 atom stereocenters. The van der Waals surface area contributed by atoms with E-state index in [4.69, 9.17) is 22.6 Å². The smallest absolute Gasteiger partial charge is 0.204 e. The summed E-state index contributed by atoms with van der Waals surface area (Å²) in [7, 11) is 3.43. The van der Waals surface area contributed by atoms with Crippen LogP contribution in [-0.2, 0) is 12.8 Å². The lowest BCUT2D eigenvalue weighted by molar-refractivity contribution is 0.606. The van der Waals surface area contributed by atoms with E-state index in [1.807, 2.05) is 17.8 Å². The average Bonchev–Trinajstić information content (AvgIpc) is 2.69. The number of imidazole rings is 1. The van der Waals surface area contributed by atoms with Gasteiger partial charge in [-0.1, -0.05) is 11.6 Å². The van der Waals surface area contributed by atoms with Gasteiger partial charge in [-0.15, -0.1) is 0 Å². The number of nitrogens with two attached hydrogens (primary N) is 1. The number of thioether (sulfide) groups is 1. The standard InChI is InChI=1S/C10H15ClN6S/c1-14-10(13)17(7-12)3-4-18-6-9-15-5-8(11)16(9)2/h5H,3-4,6H2,1-2H3,(H2,13,14). The quantitative estimate of drug-likeness (QED) is 0.287. The minimum absolute atomic E-state index is 0.234. The molecule has 0 spiro atoms. The zero-order valence-electron chi connectivity index (χ0n) is 10.3. The van der Waals surface area contributed by atoms with E-state index in [0.717, 1.165) is 17.3 Å². The van der Waals surface area contributed by atoms with Crippen molar-refractivity contribution in [3.05, 3.63) is 17.2 Å². The van der Waals surface area contributed by atoms with Crippen molar-refractivity contribution in [3.8, 4) is 6.19 Å². The summed E-state index contributed by atoms with van der Waals surface area (Å²) >= 11 is 7.54. The van der Waals surface area contributed by atoms with Crippen LogP contribution in [0.5, 0.6) is 0 Å². The molecule has 0 saturated heterocycles. The molecule has 2 N–H and O–H groups in total. The van der Waals surface area contributed by atoms with E-state index >= 15 is 0 Å². The van der Waals surface area contributed by atoms with Crippen molar-refractivity contribution >= 4 is 29.3 Å². The van der Waals surface area contributed by atoms with Crippen LogP contribution in [0.25, 0.3) is 0 Å². The van der Waals surface area contributed by atoms with Crippen molar-refractivity contribution in [2.45, 2.75) is 5.75 Å². The van der Waals surface area contributed by atoms with Crippen LogP contribution >= 0.6 is 23.4 Å². The highest BCUT2D eigenvalue weighted by Crippen LogP contribution is 2.15. The lowest BCUT2D eigenvalue weighted by atomic mass is 10.6. The maximum atomic E-state index is 8.86. The SMILES string of the molecule is CN=C(N)N(C#N)CCSCc1ncc(Cl)n1C. The number of aromatic nitrogens is 2. The predicted molar refractivity (Wildman–Crippen MR) is 74.2 cm³/mol. The van der Waals surface area contributed by atoms with Gasteiger partial charge in [-0.25, -0.2) is 9.88 Å². The van der Waals surface area contributed by atoms with Crippen molar-refractivity contribution in [2.75, 3.05) is 19.3 Å². The highest BCUT2D eigenvalue weighted by atomic mass is 35.5. The molecule has 1 rings (SSSR count). The van der Waals surface area contributed by atoms with Gasteiger partial charge in [0.25, 0.3) is 0 Å². The third-order valence-electron chi connectivity index (χ3n) is 2.34. The third kappa shape index (κ3) is 3.82. The molecule has 0 saturated carbocycles. The van der Waals surface area contributed by atoms with Crippen LogP contribution in [0, 0.1) is 11.5 Å². The number of hydrogen-bond acceptors (Lipinski definition) is 4. The Morgan fingerprint density at radius 3 is 3.00 bits per heavy atom. The van der Waals surface area contributed by atoms with Crippen molar-refractivity contribution in [2.24, 2.45) is 17.8 Å². The molecule has 0 radical (unpaired) electrons. The fourth-order valence-electron chi connectivity index (χ4n) is 1.21. The van der Waals surface area contributed by atoms with Crippen LogP contribution in [0.3, 0.4) is 0 Å². The van der Waals surface area contributed by atoms with Crippen molar-refractivity contribution in [1.82, 2.24) is 14.5 Å². The highest BCUT2D eigenvalue weighted by Gasteiger charge is 2.07. The molecule has 1 aromatic heterocycles. The molecule has 0 aromatic carbocycles. The summed E-state index contributed by atoms with van der Waals surface area (Å²) in [6.07, 6.45) is 3.61. The number of halogens is 1. The Labute approximate surface area is 115 Å². The second-order valence-electron chi connectivity index (χ2n) is 3.44. The van der Waals surface area contributed by atoms with Gasteiger partial charge in [-0.3, -0.25) is 4.99 Å². The van der Waals surface area contributed by atoms with Gasteiger partial charge in [0, 0.05) is 26.4 Å². The van der Waals surface area contributed by atoms with Crippen LogP contribution in [0.4, 0.5) is 0 Å². The molecular formula is C10H15ClN6S. The summed E-state index contributed by atoms with van der Waals surface area (Å²) in [4.78, 5) is 9.31. The van der Waals surface area contributed by atoms with Crippen molar-refractivity contribution in [3.63, 3.8) is 0 Å². The monoisotopic (exact) mass is 286 g/mol. The first-order chi connectivity index (χ1) is 8.60. The zero-order chi connectivity index (χ0) is 13.5. The first kappa shape index (κ1) is 14.7. The third-order valence-corrected chi connectivity index (χ3v) is 3.63. The van der Waals surface area contributed by atoms with E-state index < -0.39 is 0 Å². The zero-order valence-corrected chi connectivity index (χ0v) is 11.9. The van der Waals surface area contributed by atoms with Crippen molar-refractivity contribution < 1.29 is 0 Å². The Kier molecular flexibility index (Phi) is 5.82. The number of guanidine groups is 1. The van der Waals surface area contributed by atoms with E-state index in [1.165, 1.54) is 4.90 Å². The molecular weight excluding hydrogens is 272 g/mol. The van der Waals surface area contributed by atoms with Crippen molar-refractivity contribution in [1.29, 1.82) is 5.26 Å². The predicted octanol–water partition coefficient (Wildman–Crippen LogP) is 1.03. The van der Waals surface area contributed by atoms with Gasteiger partial charge in [0.05, 0.1) is 11.9 Å². The van der Waals surface area contributed by atoms with Crippen LogP contribution in [0.1, 0.15) is 5.82 Å². The van der Waals surface area contributed by atoms with Crippen LogP contribution in [0.15, 0.2) is 11.2 Å². The number of aliphatic imine (C=N–C) groups is 1. The minimum Gasteiger partial charge on any atom is -0.369 e. The van der Waals surface area contributed by atoms with E-state index in [2.05, 4.69) is 9.98 Å². The summed E-state index contributed by atoms with van der Waals surface area (Å²) < 4.78 is 1.83. The van der Waals surface area contributed by atoms with E-state index in [9.17, 15) is 0 Å². The van der Waals surface area contributed by atoms with Gasteiger partial charge < -0.3 is 10.3 Å². The number of hydrogen-bond donors (Lipinski definition) is 1. The van der Waals surface area contributed by atoms with Gasteiger partial charge >= 0.3 is 0 Å². The molecule has 1 heterocycles. The summed E-state index contributed by atoms with van der Waals surface area (Å²) in [6, 6.07) is 0. The molecule has 0 amide bonds. The summed E-state index contributed by atoms with van der Waals surface area (Å²) in [5.41, 5.74) is 5.56. The molecule has 0 aliphatic rings. The molecule has 8 heteroatoms. The molecule has 6 nitrogen and oxygen atoms in total. The minimum atomic E-state index is 0.234. The van der Waals surface area contributed by atoms with Crippen LogP contribution in [0.2, 0.25) is 5.15 Å². The maximum absolute atomic E-state index is 8.86. The molecule has 0 aliphatic carbocycles. The highest BCUT2D eigenvalue weighted by molar-refractivity contribution is 7.98. The Bertz CT molecular complexity index is 463. The average molecular weight is 287 g/mol. The van der Waals surface area contributed by atoms with E-state index in [0.29, 0.717) is 11.7 Å². The number of rotatable bonds is 5. The lowest BCUT2D eigenvalue weighted by Crippen LogP contribution is -2.34. The van der Waals surface area contributed by atoms with Gasteiger partial charge in [0.15, 0.2) is 6.19 Å². The Balaban J connectivity index is 2.35. The molecule has 0 unspecified atom stereocenters. The largest absolute Gasteiger partial charge is 0.369 e. The first-order valence-electron chi connectivity index (χ1n) is 5.23. The normalized spacial score (nSPS) is 11.3. The second-order valence-corrected chi connectivity index (χ2v) is 4.93. The molecule has 0 aliphatic heterocycles. The summed E-state index contributed by atoms with van der Waals surface area (Å²) in [6.45, 7) is 0.530. The maximum Gasteiger partial charge on any atom is 0.204 e. The number of nitrogens with zero attached hydrogens (tertiary/aromatic N) is 5. The van der Waals surface area contributed by atoms with E-state index in [-0.39, 0.29) is 5.96 Å². The fraction of sp³-hybridized carbons (Fsp3) is 0.500. The van der Waals surface area contributed by atoms with Gasteiger partial charge in [-0.2, -0.15) is 17.0 Å². The molecule has 0 bridgehead atoms. The molecule has 18 heavy (non-hydrogen) atoms. The molecule has 1 aromatic rings. The molecule has 0 fully saturated rings. The van der Waals surface area contributed by atoms with Gasteiger partial charge in [-0.05, 0) is 0 Å². The topological polar surface area (TPSA) is 83.2 Å².